The number of nitrogens with zero attached hydrogens (tertiary/aromatic N) is 1. The van der Waals surface area contributed by atoms with Crippen molar-refractivity contribution in [2.75, 3.05) is 24.4 Å². The van der Waals surface area contributed by atoms with E-state index in [9.17, 15) is 14.4 Å². The zero-order valence-corrected chi connectivity index (χ0v) is 27.5. The van der Waals surface area contributed by atoms with E-state index in [0.29, 0.717) is 41.5 Å². The molecule has 0 saturated heterocycles. The Hall–Kier alpha value is -3.20. The maximum atomic E-state index is 14.5. The summed E-state index contributed by atoms with van der Waals surface area (Å²) in [6.45, 7) is 13.6. The third-order valence-corrected chi connectivity index (χ3v) is 7.38. The number of thioether (sulfide) groups is 1. The fourth-order valence-corrected chi connectivity index (χ4v) is 5.07. The molecule has 3 unspecified atom stereocenters. The molecule has 0 heterocycles. The number of carbonyl (C=O) groups is 3. The highest BCUT2D eigenvalue weighted by Gasteiger charge is 2.39. The summed E-state index contributed by atoms with van der Waals surface area (Å²) in [5, 5.41) is 5.83. The molecule has 2 N–H and O–H groups in total. The van der Waals surface area contributed by atoms with Crippen molar-refractivity contribution in [3.05, 3.63) is 59.7 Å². The average molecular weight is 600 g/mol. The van der Waals surface area contributed by atoms with Gasteiger partial charge in [-0.2, -0.15) is 11.8 Å². The van der Waals surface area contributed by atoms with E-state index in [2.05, 4.69) is 24.5 Å². The van der Waals surface area contributed by atoms with Crippen LogP contribution in [0.25, 0.3) is 0 Å². The first-order valence-electron chi connectivity index (χ1n) is 14.6. The summed E-state index contributed by atoms with van der Waals surface area (Å²) in [6, 6.07) is 12.7. The topological polar surface area (TPSA) is 97.0 Å². The number of carbonyl (C=O) groups excluding carboxylic acids is 3. The van der Waals surface area contributed by atoms with Crippen molar-refractivity contribution in [3.63, 3.8) is 0 Å². The van der Waals surface area contributed by atoms with Crippen molar-refractivity contribution in [2.24, 2.45) is 5.92 Å². The normalized spacial score (nSPS) is 13.6. The van der Waals surface area contributed by atoms with Gasteiger partial charge in [0.15, 0.2) is 0 Å². The average Bonchev–Trinajstić information content (AvgIpc) is 2.91. The molecule has 2 aromatic carbocycles. The third-order valence-electron chi connectivity index (χ3n) is 6.73. The fourth-order valence-electron chi connectivity index (χ4n) is 4.60. The van der Waals surface area contributed by atoms with Crippen LogP contribution in [-0.2, 0) is 14.3 Å². The van der Waals surface area contributed by atoms with E-state index in [0.717, 1.165) is 12.0 Å². The highest BCUT2D eigenvalue weighted by atomic mass is 32.2. The van der Waals surface area contributed by atoms with Crippen molar-refractivity contribution in [1.82, 2.24) is 10.2 Å². The molecule has 0 bridgehead atoms. The van der Waals surface area contributed by atoms with Crippen LogP contribution in [0.15, 0.2) is 48.5 Å². The third kappa shape index (κ3) is 11.2. The standard InChI is InChI=1S/C33H49N3O5S/c1-22(2)13-14-24(4)36(31(38)28(19-20-42-9)35-32(39)41-33(5,6)7)29(25-12-10-11-23(3)21-25)30(37)34-26-15-17-27(40-8)18-16-26/h10-12,15-18,21-22,24,28-29H,13-14,19-20H2,1-9H3,(H,34,37)(H,35,39). The Morgan fingerprint density at radius 2 is 1.64 bits per heavy atom. The monoisotopic (exact) mass is 599 g/mol. The number of hydrogen-bond donors (Lipinski definition) is 2. The zero-order chi connectivity index (χ0) is 31.4. The van der Waals surface area contributed by atoms with Crippen LogP contribution in [0.4, 0.5) is 10.5 Å². The van der Waals surface area contributed by atoms with Gasteiger partial charge in [0, 0.05) is 11.7 Å². The number of methoxy groups -OCH3 is 1. The van der Waals surface area contributed by atoms with Crippen LogP contribution in [0.3, 0.4) is 0 Å². The first-order chi connectivity index (χ1) is 19.7. The molecule has 2 aromatic rings. The number of anilines is 1. The number of benzene rings is 2. The van der Waals surface area contributed by atoms with Gasteiger partial charge in [0.2, 0.25) is 5.91 Å². The van der Waals surface area contributed by atoms with Crippen molar-refractivity contribution < 1.29 is 23.9 Å². The van der Waals surface area contributed by atoms with Gasteiger partial charge in [0.25, 0.3) is 5.91 Å². The molecular formula is C33H49N3O5S. The minimum absolute atomic E-state index is 0.288. The first-order valence-corrected chi connectivity index (χ1v) is 16.0. The molecule has 232 valence electrons. The van der Waals surface area contributed by atoms with Crippen LogP contribution >= 0.6 is 11.8 Å². The highest BCUT2D eigenvalue weighted by molar-refractivity contribution is 7.98. The Labute approximate surface area is 256 Å². The second kappa shape index (κ2) is 16.4. The van der Waals surface area contributed by atoms with E-state index in [1.165, 1.54) is 0 Å². The highest BCUT2D eigenvalue weighted by Crippen LogP contribution is 2.30. The minimum atomic E-state index is -0.932. The van der Waals surface area contributed by atoms with Crippen LogP contribution in [0, 0.1) is 12.8 Å². The van der Waals surface area contributed by atoms with Gasteiger partial charge in [-0.15, -0.1) is 0 Å². The van der Waals surface area contributed by atoms with Gasteiger partial charge in [-0.25, -0.2) is 4.79 Å². The quantitative estimate of drug-likeness (QED) is 0.243. The molecule has 8 nitrogen and oxygen atoms in total. The second-order valence-corrected chi connectivity index (χ2v) is 13.1. The zero-order valence-electron chi connectivity index (χ0n) is 26.7. The molecule has 0 aliphatic carbocycles. The van der Waals surface area contributed by atoms with Crippen molar-refractivity contribution >= 4 is 35.4 Å². The second-order valence-electron chi connectivity index (χ2n) is 12.1. The molecule has 3 amide bonds. The largest absolute Gasteiger partial charge is 0.497 e. The van der Waals surface area contributed by atoms with Crippen LogP contribution in [0.1, 0.15) is 78.0 Å². The maximum Gasteiger partial charge on any atom is 0.408 e. The Morgan fingerprint density at radius 3 is 2.19 bits per heavy atom. The molecular weight excluding hydrogens is 550 g/mol. The Morgan fingerprint density at radius 1 is 0.976 bits per heavy atom. The van der Waals surface area contributed by atoms with E-state index in [1.807, 2.05) is 44.4 Å². The van der Waals surface area contributed by atoms with Gasteiger partial charge in [0.05, 0.1) is 7.11 Å². The van der Waals surface area contributed by atoms with E-state index >= 15 is 0 Å². The Kier molecular flexibility index (Phi) is 13.7. The van der Waals surface area contributed by atoms with E-state index in [1.54, 1.807) is 68.8 Å². The van der Waals surface area contributed by atoms with Crippen molar-refractivity contribution in [2.45, 2.75) is 91.5 Å². The number of alkyl carbamates (subject to hydrolysis) is 1. The fraction of sp³-hybridized carbons (Fsp3) is 0.545. The summed E-state index contributed by atoms with van der Waals surface area (Å²) in [7, 11) is 1.59. The van der Waals surface area contributed by atoms with E-state index < -0.39 is 23.8 Å². The smallest absolute Gasteiger partial charge is 0.408 e. The van der Waals surface area contributed by atoms with Crippen LogP contribution in [0.2, 0.25) is 0 Å². The molecule has 0 aromatic heterocycles. The van der Waals surface area contributed by atoms with Crippen LogP contribution < -0.4 is 15.4 Å². The molecule has 0 fully saturated rings. The summed E-state index contributed by atoms with van der Waals surface area (Å²) in [5.74, 6) is 1.08. The lowest BCUT2D eigenvalue weighted by atomic mass is 9.96. The number of ether oxygens (including phenoxy) is 2. The summed E-state index contributed by atoms with van der Waals surface area (Å²) < 4.78 is 10.8. The molecule has 2 rings (SSSR count). The van der Waals surface area contributed by atoms with Crippen LogP contribution in [0.5, 0.6) is 5.75 Å². The molecule has 3 atom stereocenters. The van der Waals surface area contributed by atoms with Crippen LogP contribution in [-0.4, -0.2) is 59.6 Å². The molecule has 0 spiro atoms. The molecule has 42 heavy (non-hydrogen) atoms. The minimum Gasteiger partial charge on any atom is -0.497 e. The lowest BCUT2D eigenvalue weighted by Crippen LogP contribution is -2.55. The predicted molar refractivity (Wildman–Crippen MR) is 172 cm³/mol. The number of rotatable bonds is 14. The molecule has 9 heteroatoms. The first kappa shape index (κ1) is 35.0. The summed E-state index contributed by atoms with van der Waals surface area (Å²) >= 11 is 1.59. The Bertz CT molecular complexity index is 1160. The van der Waals surface area contributed by atoms with Gasteiger partial charge in [-0.1, -0.05) is 43.7 Å². The lowest BCUT2D eigenvalue weighted by molar-refractivity contribution is -0.143. The van der Waals surface area contributed by atoms with Gasteiger partial charge in [-0.3, -0.25) is 9.59 Å². The predicted octanol–water partition coefficient (Wildman–Crippen LogP) is 6.98. The molecule has 0 radical (unpaired) electrons. The van der Waals surface area contributed by atoms with E-state index in [4.69, 9.17) is 9.47 Å². The van der Waals surface area contributed by atoms with E-state index in [-0.39, 0.29) is 17.9 Å². The molecule has 0 aliphatic heterocycles. The van der Waals surface area contributed by atoms with Crippen molar-refractivity contribution in [1.29, 1.82) is 0 Å². The van der Waals surface area contributed by atoms with Crippen molar-refractivity contribution in [3.8, 4) is 5.75 Å². The maximum absolute atomic E-state index is 14.5. The summed E-state index contributed by atoms with van der Waals surface area (Å²) in [4.78, 5) is 43.2. The van der Waals surface area contributed by atoms with Gasteiger partial charge in [-0.05, 0) is 102 Å². The summed E-state index contributed by atoms with van der Waals surface area (Å²) in [6.07, 6.45) is 3.26. The van der Waals surface area contributed by atoms with Gasteiger partial charge < -0.3 is 25.0 Å². The molecule has 0 aliphatic rings. The SMILES string of the molecule is COc1ccc(NC(=O)C(c2cccc(C)c2)N(C(=O)C(CCSC)NC(=O)OC(C)(C)C)C(C)CCC(C)C)cc1. The number of amides is 3. The Balaban J connectivity index is 2.60. The molecule has 0 saturated carbocycles. The number of hydrogen-bond acceptors (Lipinski definition) is 6. The summed E-state index contributed by atoms with van der Waals surface area (Å²) in [5.41, 5.74) is 1.55. The van der Waals surface area contributed by atoms with Gasteiger partial charge >= 0.3 is 6.09 Å². The lowest BCUT2D eigenvalue weighted by Gasteiger charge is -2.39. The number of nitrogens with one attached hydrogen (secondary N) is 2. The van der Waals surface area contributed by atoms with Gasteiger partial charge in [0.1, 0.15) is 23.4 Å². The number of aryl methyl sites for hydroxylation is 1.